The number of ketones is 1. The monoisotopic (exact) mass is 473 g/mol. The van der Waals surface area contributed by atoms with Crippen LogP contribution in [0.25, 0.3) is 5.57 Å². The number of rotatable bonds is 10. The molecule has 2 aromatic rings. The van der Waals surface area contributed by atoms with Crippen LogP contribution in [0.2, 0.25) is 0 Å². The van der Waals surface area contributed by atoms with E-state index >= 15 is 0 Å². The summed E-state index contributed by atoms with van der Waals surface area (Å²) in [6.07, 6.45) is 6.59. The number of amides is 1. The van der Waals surface area contributed by atoms with Gasteiger partial charge in [0.15, 0.2) is 5.78 Å². The normalized spacial score (nSPS) is 12.5. The molecule has 1 heterocycles. The highest BCUT2D eigenvalue weighted by Gasteiger charge is 2.16. The summed E-state index contributed by atoms with van der Waals surface area (Å²) in [7, 11) is 1.78. The van der Waals surface area contributed by atoms with Gasteiger partial charge in [-0.3, -0.25) is 19.6 Å². The van der Waals surface area contributed by atoms with E-state index in [-0.39, 0.29) is 17.3 Å². The van der Waals surface area contributed by atoms with Gasteiger partial charge in [0.05, 0.1) is 34.6 Å². The number of aryl methyl sites for hydroxylation is 2. The molecule has 0 saturated carbocycles. The molecule has 7 nitrogen and oxygen atoms in total. The van der Waals surface area contributed by atoms with E-state index in [9.17, 15) is 9.59 Å². The molecule has 1 aromatic heterocycles. The zero-order valence-electron chi connectivity index (χ0n) is 21.4. The fourth-order valence-corrected chi connectivity index (χ4v) is 3.54. The van der Waals surface area contributed by atoms with Gasteiger partial charge in [0.1, 0.15) is 0 Å². The molecule has 0 radical (unpaired) electrons. The summed E-state index contributed by atoms with van der Waals surface area (Å²) in [5.41, 5.74) is 11.9. The molecular formula is C28H35N5O2. The fraction of sp³-hybridized carbons (Fsp3) is 0.286. The number of allylic oxidation sites excluding steroid dienone is 2. The molecule has 0 spiro atoms. The third-order valence-corrected chi connectivity index (χ3v) is 5.65. The second kappa shape index (κ2) is 12.5. The Hall–Kier alpha value is -4.00. The molecule has 0 fully saturated rings. The predicted octanol–water partition coefficient (Wildman–Crippen LogP) is 5.44. The molecule has 4 N–H and O–H groups in total. The van der Waals surface area contributed by atoms with E-state index in [1.807, 2.05) is 39.0 Å². The lowest BCUT2D eigenvalue weighted by Crippen LogP contribution is -2.21. The number of hydrogen-bond acceptors (Lipinski definition) is 6. The van der Waals surface area contributed by atoms with Gasteiger partial charge in [-0.2, -0.15) is 0 Å². The second-order valence-electron chi connectivity index (χ2n) is 8.41. The van der Waals surface area contributed by atoms with Gasteiger partial charge in [-0.15, -0.1) is 0 Å². The van der Waals surface area contributed by atoms with E-state index in [1.165, 1.54) is 12.3 Å². The van der Waals surface area contributed by atoms with Gasteiger partial charge >= 0.3 is 0 Å². The topological polar surface area (TPSA) is 109 Å². The van der Waals surface area contributed by atoms with Gasteiger partial charge in [-0.25, -0.2) is 0 Å². The zero-order valence-corrected chi connectivity index (χ0v) is 21.4. The maximum Gasteiger partial charge on any atom is 0.259 e. The first-order chi connectivity index (χ1) is 16.7. The van der Waals surface area contributed by atoms with Crippen LogP contribution < -0.4 is 16.4 Å². The van der Waals surface area contributed by atoms with Crippen LogP contribution in [0.15, 0.2) is 66.1 Å². The maximum atomic E-state index is 13.0. The quantitative estimate of drug-likeness (QED) is 0.242. The maximum absolute atomic E-state index is 13.0. The van der Waals surface area contributed by atoms with Crippen molar-refractivity contribution < 1.29 is 9.59 Å². The number of nitrogens with zero attached hydrogens (tertiary/aromatic N) is 2. The molecule has 0 aliphatic rings. The molecule has 1 aromatic carbocycles. The lowest BCUT2D eigenvalue weighted by Gasteiger charge is -2.14. The van der Waals surface area contributed by atoms with E-state index in [4.69, 9.17) is 5.73 Å². The summed E-state index contributed by atoms with van der Waals surface area (Å²) >= 11 is 0. The van der Waals surface area contributed by atoms with Crippen molar-refractivity contribution in [2.45, 2.75) is 41.0 Å². The average Bonchev–Trinajstić information content (AvgIpc) is 2.84. The largest absolute Gasteiger partial charge is 0.404 e. The number of carbonyl (C=O) groups excluding carboxylic acids is 2. The highest BCUT2D eigenvalue weighted by molar-refractivity contribution is 6.29. The van der Waals surface area contributed by atoms with Crippen molar-refractivity contribution in [3.63, 3.8) is 0 Å². The van der Waals surface area contributed by atoms with Crippen LogP contribution in [0.3, 0.4) is 0 Å². The number of aliphatic imine (C=N–C) groups is 1. The number of hydrogen-bond donors (Lipinski definition) is 3. The standard InChI is InChI=1S/C28H35N5O2/c1-8-25(23(14-29)28(35)33-26-13-21(30-7)15-31-19(26)6)32-16-24(17(3)4)20-10-11-22(18(5)12-20)27(34)9-2/h8,10-17,30H,1,9,29H2,2-7H3,(H,33,35)/b23-14+,24-16+,32-25+. The third-order valence-electron chi connectivity index (χ3n) is 5.65. The molecule has 0 saturated heterocycles. The van der Waals surface area contributed by atoms with Crippen LogP contribution in [-0.2, 0) is 4.79 Å². The number of Topliss-reactive ketones (excluding diaryl/α,β-unsaturated/α-hetero) is 1. The zero-order chi connectivity index (χ0) is 26.1. The first-order valence-corrected chi connectivity index (χ1v) is 11.6. The van der Waals surface area contributed by atoms with E-state index in [1.54, 1.807) is 25.5 Å². The smallest absolute Gasteiger partial charge is 0.259 e. The fourth-order valence-electron chi connectivity index (χ4n) is 3.54. The predicted molar refractivity (Wildman–Crippen MR) is 146 cm³/mol. The summed E-state index contributed by atoms with van der Waals surface area (Å²) in [6, 6.07) is 7.58. The van der Waals surface area contributed by atoms with Crippen molar-refractivity contribution in [1.82, 2.24) is 4.98 Å². The van der Waals surface area contributed by atoms with E-state index < -0.39 is 5.91 Å². The highest BCUT2D eigenvalue weighted by atomic mass is 16.1. The Balaban J connectivity index is 2.41. The number of benzene rings is 1. The Morgan fingerprint density at radius 2 is 1.94 bits per heavy atom. The number of pyridine rings is 1. The van der Waals surface area contributed by atoms with Crippen molar-refractivity contribution in [2.24, 2.45) is 16.6 Å². The third kappa shape index (κ3) is 6.76. The molecule has 0 aliphatic heterocycles. The minimum Gasteiger partial charge on any atom is -0.404 e. The molecule has 35 heavy (non-hydrogen) atoms. The number of anilines is 2. The Kier molecular flexibility index (Phi) is 9.70. The lowest BCUT2D eigenvalue weighted by atomic mass is 9.92. The van der Waals surface area contributed by atoms with Gasteiger partial charge in [-0.1, -0.05) is 45.5 Å². The molecule has 0 bridgehead atoms. The molecular weight excluding hydrogens is 438 g/mol. The van der Waals surface area contributed by atoms with Crippen LogP contribution in [-0.4, -0.2) is 29.4 Å². The SMILES string of the molecule is C=CC(=N\C=C(\c1ccc(C(=O)CC)c(C)c1)C(C)C)/C(=C\N)C(=O)Nc1cc(NC)cnc1C. The summed E-state index contributed by atoms with van der Waals surface area (Å²) in [5.74, 6) is -0.151. The molecule has 0 atom stereocenters. The van der Waals surface area contributed by atoms with E-state index in [0.29, 0.717) is 23.5 Å². The van der Waals surface area contributed by atoms with Gasteiger partial charge in [0, 0.05) is 31.4 Å². The van der Waals surface area contributed by atoms with Crippen LogP contribution in [0.1, 0.15) is 54.4 Å². The second-order valence-corrected chi connectivity index (χ2v) is 8.41. The number of aromatic nitrogens is 1. The number of nitrogens with two attached hydrogens (primary N) is 1. The van der Waals surface area contributed by atoms with Crippen molar-refractivity contribution >= 4 is 34.3 Å². The summed E-state index contributed by atoms with van der Waals surface area (Å²) in [4.78, 5) is 34.0. The minimum absolute atomic E-state index is 0.116. The summed E-state index contributed by atoms with van der Waals surface area (Å²) in [5, 5.41) is 5.85. The summed E-state index contributed by atoms with van der Waals surface area (Å²) in [6.45, 7) is 13.5. The highest BCUT2D eigenvalue weighted by Crippen LogP contribution is 2.26. The Bertz CT molecular complexity index is 1210. The van der Waals surface area contributed by atoms with Crippen molar-refractivity contribution in [3.8, 4) is 0 Å². The molecule has 0 unspecified atom stereocenters. The molecule has 2 rings (SSSR count). The van der Waals surface area contributed by atoms with Crippen LogP contribution in [0, 0.1) is 19.8 Å². The Morgan fingerprint density at radius 1 is 1.23 bits per heavy atom. The van der Waals surface area contributed by atoms with E-state index in [0.717, 1.165) is 28.0 Å². The molecule has 7 heteroatoms. The van der Waals surface area contributed by atoms with Crippen molar-refractivity contribution in [2.75, 3.05) is 17.7 Å². The van der Waals surface area contributed by atoms with Crippen molar-refractivity contribution in [3.05, 3.63) is 83.5 Å². The van der Waals surface area contributed by atoms with Gasteiger partial charge in [0.2, 0.25) is 0 Å². The molecule has 1 amide bonds. The number of nitrogens with one attached hydrogen (secondary N) is 2. The lowest BCUT2D eigenvalue weighted by molar-refractivity contribution is -0.112. The molecule has 0 aliphatic carbocycles. The van der Waals surface area contributed by atoms with Gasteiger partial charge < -0.3 is 16.4 Å². The van der Waals surface area contributed by atoms with Crippen LogP contribution >= 0.6 is 0 Å². The Morgan fingerprint density at radius 3 is 2.49 bits per heavy atom. The minimum atomic E-state index is -0.415. The first kappa shape index (κ1) is 27.2. The van der Waals surface area contributed by atoms with Crippen LogP contribution in [0.5, 0.6) is 0 Å². The first-order valence-electron chi connectivity index (χ1n) is 11.6. The average molecular weight is 474 g/mol. The van der Waals surface area contributed by atoms with Gasteiger partial charge in [-0.05, 0) is 48.6 Å². The van der Waals surface area contributed by atoms with Crippen LogP contribution in [0.4, 0.5) is 11.4 Å². The molecule has 184 valence electrons. The number of carbonyl (C=O) groups is 2. The van der Waals surface area contributed by atoms with Gasteiger partial charge in [0.25, 0.3) is 5.91 Å². The van der Waals surface area contributed by atoms with Crippen molar-refractivity contribution in [1.29, 1.82) is 0 Å². The van der Waals surface area contributed by atoms with E-state index in [2.05, 4.69) is 41.0 Å². The Labute approximate surface area is 208 Å². The summed E-state index contributed by atoms with van der Waals surface area (Å²) < 4.78 is 0.